The van der Waals surface area contributed by atoms with Gasteiger partial charge in [0, 0.05) is 43.4 Å². The van der Waals surface area contributed by atoms with Crippen molar-refractivity contribution in [3.63, 3.8) is 0 Å². The van der Waals surface area contributed by atoms with E-state index >= 15 is 0 Å². The number of morpholine rings is 1. The van der Waals surface area contributed by atoms with Crippen LogP contribution in [-0.2, 0) is 9.53 Å². The standard InChI is InChI=1S/C20H28ClN3O2/c21-16-4-3-5-17(14-16)23-10-8-22(9-11-23)15-20(25)24-12-13-26-19-7-2-1-6-18(19)24/h3-5,14,18-19H,1-2,6-13,15H2/t18-,19-/m0/s1. The summed E-state index contributed by atoms with van der Waals surface area (Å²) in [6.45, 7) is 5.67. The number of hydrogen-bond acceptors (Lipinski definition) is 4. The number of ether oxygens (including phenoxy) is 1. The minimum absolute atomic E-state index is 0.265. The molecule has 2 heterocycles. The van der Waals surface area contributed by atoms with Gasteiger partial charge in [-0.1, -0.05) is 30.5 Å². The molecule has 1 aliphatic carbocycles. The van der Waals surface area contributed by atoms with E-state index < -0.39 is 0 Å². The topological polar surface area (TPSA) is 36.0 Å². The molecule has 1 aromatic carbocycles. The van der Waals surface area contributed by atoms with Gasteiger partial charge in [0.1, 0.15) is 0 Å². The summed E-state index contributed by atoms with van der Waals surface area (Å²) < 4.78 is 5.90. The quantitative estimate of drug-likeness (QED) is 0.811. The Kier molecular flexibility index (Phi) is 5.67. The van der Waals surface area contributed by atoms with Crippen molar-refractivity contribution in [2.45, 2.75) is 37.8 Å². The maximum atomic E-state index is 12.9. The zero-order valence-corrected chi connectivity index (χ0v) is 16.0. The number of carbonyl (C=O) groups excluding carboxylic acids is 1. The normalized spacial score (nSPS) is 27.3. The van der Waals surface area contributed by atoms with Gasteiger partial charge >= 0.3 is 0 Å². The number of nitrogens with zero attached hydrogens (tertiary/aromatic N) is 3. The van der Waals surface area contributed by atoms with E-state index in [9.17, 15) is 4.79 Å². The highest BCUT2D eigenvalue weighted by Gasteiger charge is 2.37. The number of benzene rings is 1. The van der Waals surface area contributed by atoms with E-state index in [0.29, 0.717) is 19.2 Å². The van der Waals surface area contributed by atoms with E-state index in [2.05, 4.69) is 20.8 Å². The summed E-state index contributed by atoms with van der Waals surface area (Å²) in [6.07, 6.45) is 4.91. The molecular weight excluding hydrogens is 350 g/mol. The van der Waals surface area contributed by atoms with Crippen molar-refractivity contribution >= 4 is 23.2 Å². The van der Waals surface area contributed by atoms with E-state index in [1.54, 1.807) is 0 Å². The Bertz CT molecular complexity index is 631. The van der Waals surface area contributed by atoms with Crippen molar-refractivity contribution in [3.05, 3.63) is 29.3 Å². The highest BCUT2D eigenvalue weighted by atomic mass is 35.5. The molecule has 4 rings (SSSR count). The summed E-state index contributed by atoms with van der Waals surface area (Å²) in [4.78, 5) is 19.7. The van der Waals surface area contributed by atoms with Gasteiger partial charge in [0.25, 0.3) is 0 Å². The zero-order valence-electron chi connectivity index (χ0n) is 15.3. The monoisotopic (exact) mass is 377 g/mol. The fourth-order valence-electron chi connectivity index (χ4n) is 4.53. The first-order valence-corrected chi connectivity index (χ1v) is 10.2. The lowest BCUT2D eigenvalue weighted by Gasteiger charge is -2.44. The molecule has 0 radical (unpaired) electrons. The van der Waals surface area contributed by atoms with Crippen LogP contribution in [-0.4, -0.2) is 73.7 Å². The molecule has 3 aliphatic rings. The maximum Gasteiger partial charge on any atom is 0.237 e. The Morgan fingerprint density at radius 2 is 1.92 bits per heavy atom. The van der Waals surface area contributed by atoms with Crippen LogP contribution < -0.4 is 4.90 Å². The number of hydrogen-bond donors (Lipinski definition) is 0. The molecule has 1 saturated carbocycles. The van der Waals surface area contributed by atoms with Crippen LogP contribution in [0.4, 0.5) is 5.69 Å². The molecule has 26 heavy (non-hydrogen) atoms. The molecule has 0 N–H and O–H groups in total. The summed E-state index contributed by atoms with van der Waals surface area (Å²) >= 11 is 6.11. The molecule has 1 amide bonds. The third kappa shape index (κ3) is 4.00. The Labute approximate surface area is 160 Å². The highest BCUT2D eigenvalue weighted by Crippen LogP contribution is 2.28. The van der Waals surface area contributed by atoms with Crippen molar-refractivity contribution in [1.82, 2.24) is 9.80 Å². The molecule has 5 nitrogen and oxygen atoms in total. The van der Waals surface area contributed by atoms with Gasteiger partial charge in [-0.15, -0.1) is 0 Å². The lowest BCUT2D eigenvalue weighted by atomic mass is 9.90. The van der Waals surface area contributed by atoms with Gasteiger partial charge < -0.3 is 14.5 Å². The Balaban J connectivity index is 1.30. The maximum absolute atomic E-state index is 12.9. The van der Waals surface area contributed by atoms with E-state index in [0.717, 1.165) is 50.6 Å². The SMILES string of the molecule is O=C(CN1CCN(c2cccc(Cl)c2)CC1)N1CCO[C@H]2CCCC[C@@H]21. The van der Waals surface area contributed by atoms with Crippen LogP contribution in [0.5, 0.6) is 0 Å². The van der Waals surface area contributed by atoms with Crippen molar-refractivity contribution in [1.29, 1.82) is 0 Å². The summed E-state index contributed by atoms with van der Waals surface area (Å²) in [5.74, 6) is 0.279. The zero-order chi connectivity index (χ0) is 17.9. The molecule has 2 saturated heterocycles. The predicted octanol–water partition coefficient (Wildman–Crippen LogP) is 2.63. The van der Waals surface area contributed by atoms with Crippen LogP contribution in [0.1, 0.15) is 25.7 Å². The van der Waals surface area contributed by atoms with Gasteiger partial charge in [0.15, 0.2) is 0 Å². The Morgan fingerprint density at radius 3 is 2.73 bits per heavy atom. The molecule has 2 atom stereocenters. The number of carbonyl (C=O) groups is 1. The fourth-order valence-corrected chi connectivity index (χ4v) is 4.71. The molecule has 1 aromatic rings. The van der Waals surface area contributed by atoms with Crippen LogP contribution in [0.25, 0.3) is 0 Å². The number of halogens is 1. The number of fused-ring (bicyclic) bond motifs is 1. The van der Waals surface area contributed by atoms with Crippen molar-refractivity contribution in [2.24, 2.45) is 0 Å². The second-order valence-electron chi connectivity index (χ2n) is 7.59. The van der Waals surface area contributed by atoms with Gasteiger partial charge in [0.05, 0.1) is 25.3 Å². The summed E-state index contributed by atoms with van der Waals surface area (Å²) in [7, 11) is 0. The van der Waals surface area contributed by atoms with E-state index in [4.69, 9.17) is 16.3 Å². The minimum Gasteiger partial charge on any atom is -0.374 e. The van der Waals surface area contributed by atoms with Crippen LogP contribution in [0.2, 0.25) is 5.02 Å². The molecule has 0 spiro atoms. The smallest absolute Gasteiger partial charge is 0.237 e. The first-order valence-electron chi connectivity index (χ1n) is 9.85. The second kappa shape index (κ2) is 8.15. The number of rotatable bonds is 3. The third-order valence-corrected chi connectivity index (χ3v) is 6.19. The number of amides is 1. The fraction of sp³-hybridized carbons (Fsp3) is 0.650. The highest BCUT2D eigenvalue weighted by molar-refractivity contribution is 6.30. The molecule has 0 bridgehead atoms. The van der Waals surface area contributed by atoms with Crippen molar-refractivity contribution in [2.75, 3.05) is 50.8 Å². The third-order valence-electron chi connectivity index (χ3n) is 5.96. The van der Waals surface area contributed by atoms with Crippen molar-refractivity contribution < 1.29 is 9.53 Å². The van der Waals surface area contributed by atoms with Crippen LogP contribution in [0, 0.1) is 0 Å². The van der Waals surface area contributed by atoms with Gasteiger partial charge in [-0.05, 0) is 31.0 Å². The second-order valence-corrected chi connectivity index (χ2v) is 8.03. The van der Waals surface area contributed by atoms with Crippen LogP contribution in [0.3, 0.4) is 0 Å². The molecule has 6 heteroatoms. The molecule has 2 aliphatic heterocycles. The predicted molar refractivity (Wildman–Crippen MR) is 104 cm³/mol. The van der Waals surface area contributed by atoms with Gasteiger partial charge in [0.2, 0.25) is 5.91 Å². The summed E-state index contributed by atoms with van der Waals surface area (Å²) in [5.41, 5.74) is 1.17. The average Bonchev–Trinajstić information content (AvgIpc) is 2.68. The number of piperazine rings is 1. The van der Waals surface area contributed by atoms with Crippen LogP contribution in [0.15, 0.2) is 24.3 Å². The molecule has 142 valence electrons. The largest absolute Gasteiger partial charge is 0.374 e. The van der Waals surface area contributed by atoms with Crippen molar-refractivity contribution in [3.8, 4) is 0 Å². The first kappa shape index (κ1) is 18.1. The first-order chi connectivity index (χ1) is 12.7. The lowest BCUT2D eigenvalue weighted by molar-refractivity contribution is -0.150. The number of anilines is 1. The van der Waals surface area contributed by atoms with Gasteiger partial charge in [-0.2, -0.15) is 0 Å². The summed E-state index contributed by atoms with van der Waals surface area (Å²) in [5, 5.41) is 0.773. The van der Waals surface area contributed by atoms with Gasteiger partial charge in [-0.25, -0.2) is 0 Å². The Hall–Kier alpha value is -1.30. The van der Waals surface area contributed by atoms with Crippen LogP contribution >= 0.6 is 11.6 Å². The van der Waals surface area contributed by atoms with E-state index in [1.807, 2.05) is 18.2 Å². The van der Waals surface area contributed by atoms with E-state index in [-0.39, 0.29) is 12.0 Å². The average molecular weight is 378 g/mol. The van der Waals surface area contributed by atoms with E-state index in [1.165, 1.54) is 18.5 Å². The van der Waals surface area contributed by atoms with Gasteiger partial charge in [-0.3, -0.25) is 9.69 Å². The Morgan fingerprint density at radius 1 is 1.12 bits per heavy atom. The summed E-state index contributed by atoms with van der Waals surface area (Å²) in [6, 6.07) is 8.31. The lowest BCUT2D eigenvalue weighted by Crippen LogP contribution is -2.58. The molecule has 3 fully saturated rings. The molecule has 0 aromatic heterocycles. The molecule has 0 unspecified atom stereocenters. The molecular formula is C20H28ClN3O2. The minimum atomic E-state index is 0.265.